The minimum atomic E-state index is 0.678. The predicted molar refractivity (Wildman–Crippen MR) is 69.9 cm³/mol. The zero-order valence-electron chi connectivity index (χ0n) is 10.5. The van der Waals surface area contributed by atoms with E-state index >= 15 is 0 Å². The molecule has 16 heavy (non-hydrogen) atoms. The molecule has 0 spiro atoms. The molecule has 1 nitrogen and oxygen atoms in total. The van der Waals surface area contributed by atoms with Gasteiger partial charge in [0.25, 0.3) is 0 Å². The van der Waals surface area contributed by atoms with Crippen molar-refractivity contribution < 1.29 is 0 Å². The van der Waals surface area contributed by atoms with E-state index in [2.05, 4.69) is 43.4 Å². The number of nitrogens with one attached hydrogen (secondary N) is 1. The molecule has 1 saturated carbocycles. The molecular weight excluding hydrogens is 194 g/mol. The predicted octanol–water partition coefficient (Wildman–Crippen LogP) is 3.49. The Labute approximate surface area is 99.3 Å². The summed E-state index contributed by atoms with van der Waals surface area (Å²) >= 11 is 0. The summed E-state index contributed by atoms with van der Waals surface area (Å²) in [4.78, 5) is 0. The maximum atomic E-state index is 3.59. The van der Waals surface area contributed by atoms with E-state index in [1.54, 1.807) is 0 Å². The monoisotopic (exact) mass is 217 g/mol. The topological polar surface area (TPSA) is 12.0 Å². The van der Waals surface area contributed by atoms with Crippen molar-refractivity contribution in [3.05, 3.63) is 35.4 Å². The molecule has 88 valence electrons. The lowest BCUT2D eigenvalue weighted by atomic mass is 9.95. The van der Waals surface area contributed by atoms with Crippen LogP contribution < -0.4 is 5.32 Å². The fourth-order valence-corrected chi connectivity index (χ4v) is 2.08. The Bertz CT molecular complexity index is 328. The first-order valence-corrected chi connectivity index (χ1v) is 6.62. The summed E-state index contributed by atoms with van der Waals surface area (Å²) in [6.07, 6.45) is 5.17. The molecule has 1 N–H and O–H groups in total. The molecule has 0 bridgehead atoms. The van der Waals surface area contributed by atoms with Crippen LogP contribution in [-0.2, 0) is 6.42 Å². The van der Waals surface area contributed by atoms with Crippen LogP contribution in [-0.4, -0.2) is 12.6 Å². The molecule has 1 aromatic rings. The van der Waals surface area contributed by atoms with Gasteiger partial charge in [-0.3, -0.25) is 0 Å². The summed E-state index contributed by atoms with van der Waals surface area (Å²) in [7, 11) is 0. The van der Waals surface area contributed by atoms with Gasteiger partial charge in [-0.05, 0) is 49.3 Å². The zero-order chi connectivity index (χ0) is 11.4. The molecule has 1 aliphatic rings. The van der Waals surface area contributed by atoms with E-state index in [-0.39, 0.29) is 0 Å². The Morgan fingerprint density at radius 2 is 2.19 bits per heavy atom. The van der Waals surface area contributed by atoms with Gasteiger partial charge in [0.15, 0.2) is 0 Å². The van der Waals surface area contributed by atoms with Crippen molar-refractivity contribution in [2.75, 3.05) is 6.54 Å². The largest absolute Gasteiger partial charge is 0.314 e. The normalized spacial score (nSPS) is 17.4. The first-order valence-electron chi connectivity index (χ1n) is 6.62. The highest BCUT2D eigenvalue weighted by Crippen LogP contribution is 2.22. The lowest BCUT2D eigenvalue weighted by molar-refractivity contribution is 0.591. The second kappa shape index (κ2) is 5.49. The van der Waals surface area contributed by atoms with Crippen LogP contribution in [0.5, 0.6) is 0 Å². The highest BCUT2D eigenvalue weighted by molar-refractivity contribution is 5.26. The maximum Gasteiger partial charge on any atom is 0.00682 e. The standard InChI is InChI=1S/C15H23N/c1-3-13-5-4-6-14(11-13)12(2)9-10-16-15-7-8-15/h4-6,11-12,15-16H,3,7-10H2,1-2H3. The van der Waals surface area contributed by atoms with Gasteiger partial charge < -0.3 is 5.32 Å². The summed E-state index contributed by atoms with van der Waals surface area (Å²) < 4.78 is 0. The molecule has 1 aliphatic carbocycles. The molecule has 1 aromatic carbocycles. The molecule has 2 rings (SSSR count). The number of aryl methyl sites for hydroxylation is 1. The molecule has 0 saturated heterocycles. The molecule has 0 aliphatic heterocycles. The van der Waals surface area contributed by atoms with Crippen LogP contribution in [0.15, 0.2) is 24.3 Å². The number of rotatable bonds is 6. The smallest absolute Gasteiger partial charge is 0.00682 e. The molecule has 1 heteroatoms. The SMILES string of the molecule is CCc1cccc(C(C)CCNC2CC2)c1. The third-order valence-electron chi connectivity index (χ3n) is 3.52. The van der Waals surface area contributed by atoms with Crippen LogP contribution in [0.3, 0.4) is 0 Å². The molecule has 0 radical (unpaired) electrons. The van der Waals surface area contributed by atoms with E-state index in [1.807, 2.05) is 0 Å². The van der Waals surface area contributed by atoms with Crippen LogP contribution in [0.2, 0.25) is 0 Å². The molecule has 1 fully saturated rings. The zero-order valence-corrected chi connectivity index (χ0v) is 10.5. The van der Waals surface area contributed by atoms with E-state index in [0.29, 0.717) is 5.92 Å². The van der Waals surface area contributed by atoms with E-state index in [4.69, 9.17) is 0 Å². The van der Waals surface area contributed by atoms with Crippen LogP contribution in [0.25, 0.3) is 0 Å². The summed E-state index contributed by atoms with van der Waals surface area (Å²) in [6, 6.07) is 9.88. The van der Waals surface area contributed by atoms with Crippen molar-refractivity contribution in [3.63, 3.8) is 0 Å². The second-order valence-electron chi connectivity index (χ2n) is 5.02. The third kappa shape index (κ3) is 3.34. The molecular formula is C15H23N. The van der Waals surface area contributed by atoms with Gasteiger partial charge in [0.2, 0.25) is 0 Å². The summed E-state index contributed by atoms with van der Waals surface area (Å²) in [6.45, 7) is 5.73. The van der Waals surface area contributed by atoms with Gasteiger partial charge in [0.1, 0.15) is 0 Å². The maximum absolute atomic E-state index is 3.59. The van der Waals surface area contributed by atoms with Crippen LogP contribution in [0.4, 0.5) is 0 Å². The van der Waals surface area contributed by atoms with Crippen molar-refractivity contribution in [2.45, 2.75) is 51.5 Å². The Morgan fingerprint density at radius 3 is 2.88 bits per heavy atom. The van der Waals surface area contributed by atoms with E-state index in [9.17, 15) is 0 Å². The Hall–Kier alpha value is -0.820. The highest BCUT2D eigenvalue weighted by atomic mass is 14.9. The van der Waals surface area contributed by atoms with Crippen molar-refractivity contribution in [1.29, 1.82) is 0 Å². The third-order valence-corrected chi connectivity index (χ3v) is 3.52. The van der Waals surface area contributed by atoms with Gasteiger partial charge >= 0.3 is 0 Å². The quantitative estimate of drug-likeness (QED) is 0.769. The van der Waals surface area contributed by atoms with E-state index in [1.165, 1.54) is 36.9 Å². The summed E-state index contributed by atoms with van der Waals surface area (Å²) in [5.74, 6) is 0.678. The first kappa shape index (κ1) is 11.7. The van der Waals surface area contributed by atoms with E-state index in [0.717, 1.165) is 12.5 Å². The van der Waals surface area contributed by atoms with Gasteiger partial charge in [0.05, 0.1) is 0 Å². The lowest BCUT2D eigenvalue weighted by Crippen LogP contribution is -2.18. The molecule has 1 atom stereocenters. The van der Waals surface area contributed by atoms with Crippen molar-refractivity contribution in [1.82, 2.24) is 5.32 Å². The first-order chi connectivity index (χ1) is 7.79. The molecule has 0 amide bonds. The van der Waals surface area contributed by atoms with Crippen molar-refractivity contribution in [2.24, 2.45) is 0 Å². The minimum absolute atomic E-state index is 0.678. The van der Waals surface area contributed by atoms with Crippen molar-refractivity contribution in [3.8, 4) is 0 Å². The van der Waals surface area contributed by atoms with E-state index < -0.39 is 0 Å². The fraction of sp³-hybridized carbons (Fsp3) is 0.600. The van der Waals surface area contributed by atoms with Gasteiger partial charge in [-0.25, -0.2) is 0 Å². The summed E-state index contributed by atoms with van der Waals surface area (Å²) in [5, 5.41) is 3.59. The Kier molecular flexibility index (Phi) is 4.00. The van der Waals surface area contributed by atoms with Crippen molar-refractivity contribution >= 4 is 0 Å². The average molecular weight is 217 g/mol. The Morgan fingerprint density at radius 1 is 1.38 bits per heavy atom. The molecule has 1 unspecified atom stereocenters. The molecule has 0 heterocycles. The number of hydrogen-bond acceptors (Lipinski definition) is 1. The molecule has 0 aromatic heterocycles. The fourth-order valence-electron chi connectivity index (χ4n) is 2.08. The number of hydrogen-bond donors (Lipinski definition) is 1. The lowest BCUT2D eigenvalue weighted by Gasteiger charge is -2.13. The van der Waals surface area contributed by atoms with Gasteiger partial charge in [-0.2, -0.15) is 0 Å². The van der Waals surface area contributed by atoms with Crippen LogP contribution in [0.1, 0.15) is 50.2 Å². The van der Waals surface area contributed by atoms with Gasteiger partial charge in [-0.15, -0.1) is 0 Å². The number of benzene rings is 1. The van der Waals surface area contributed by atoms with Gasteiger partial charge in [-0.1, -0.05) is 38.1 Å². The second-order valence-corrected chi connectivity index (χ2v) is 5.02. The minimum Gasteiger partial charge on any atom is -0.314 e. The van der Waals surface area contributed by atoms with Gasteiger partial charge in [0, 0.05) is 6.04 Å². The van der Waals surface area contributed by atoms with Crippen LogP contribution in [0, 0.1) is 0 Å². The average Bonchev–Trinajstić information content (AvgIpc) is 3.13. The summed E-state index contributed by atoms with van der Waals surface area (Å²) in [5.41, 5.74) is 2.96. The Balaban J connectivity index is 1.83. The van der Waals surface area contributed by atoms with Crippen LogP contribution >= 0.6 is 0 Å². The highest BCUT2D eigenvalue weighted by Gasteiger charge is 2.20.